The predicted molar refractivity (Wildman–Crippen MR) is 70.6 cm³/mol. The monoisotopic (exact) mass is 288 g/mol. The smallest absolute Gasteiger partial charge is 0.213 e. The Morgan fingerprint density at radius 3 is 2.76 bits per heavy atom. The van der Waals surface area contributed by atoms with Crippen LogP contribution in [0.2, 0.25) is 0 Å². The molecule has 4 nitrogen and oxygen atoms in total. The quantitative estimate of drug-likeness (QED) is 0.584. The van der Waals surface area contributed by atoms with Gasteiger partial charge in [0.15, 0.2) is 11.6 Å². The summed E-state index contributed by atoms with van der Waals surface area (Å²) in [6.45, 7) is 0. The van der Waals surface area contributed by atoms with Crippen molar-refractivity contribution in [3.05, 3.63) is 54.1 Å². The van der Waals surface area contributed by atoms with E-state index in [1.165, 1.54) is 35.2 Å². The van der Waals surface area contributed by atoms with E-state index < -0.39 is 11.6 Å². The van der Waals surface area contributed by atoms with Gasteiger partial charge in [-0.2, -0.15) is 0 Å². The summed E-state index contributed by atoms with van der Waals surface area (Å²) in [4.78, 5) is 11.1. The van der Waals surface area contributed by atoms with Crippen LogP contribution in [0.3, 0.4) is 0 Å². The standard InChI is InChI=1S/C14H7F3N4/c15-7-1-3-9-10(5-7)20-14(19-9)21-6-18-13-11(21)4-2-8(16)12(13)17/h1-6H,(H,19,20). The van der Waals surface area contributed by atoms with E-state index in [0.29, 0.717) is 22.5 Å². The van der Waals surface area contributed by atoms with Crippen LogP contribution in [0, 0.1) is 17.5 Å². The van der Waals surface area contributed by atoms with Crippen molar-refractivity contribution >= 4 is 22.1 Å². The molecule has 0 bridgehead atoms. The van der Waals surface area contributed by atoms with Crippen LogP contribution in [0.25, 0.3) is 28.0 Å². The number of imidazole rings is 2. The zero-order valence-corrected chi connectivity index (χ0v) is 10.4. The molecule has 0 atom stereocenters. The number of benzene rings is 2. The fourth-order valence-electron chi connectivity index (χ4n) is 2.28. The molecule has 0 unspecified atom stereocenters. The van der Waals surface area contributed by atoms with E-state index in [1.54, 1.807) is 0 Å². The molecule has 0 aliphatic carbocycles. The molecule has 2 heterocycles. The molecule has 4 aromatic rings. The summed E-state index contributed by atoms with van der Waals surface area (Å²) >= 11 is 0. The van der Waals surface area contributed by atoms with Crippen molar-refractivity contribution in [1.29, 1.82) is 0 Å². The average molecular weight is 288 g/mol. The molecular formula is C14H7F3N4. The van der Waals surface area contributed by atoms with Crippen LogP contribution in [-0.4, -0.2) is 19.5 Å². The summed E-state index contributed by atoms with van der Waals surface area (Å²) in [6, 6.07) is 6.58. The number of fused-ring (bicyclic) bond motifs is 2. The summed E-state index contributed by atoms with van der Waals surface area (Å²) in [7, 11) is 0. The van der Waals surface area contributed by atoms with E-state index in [0.717, 1.165) is 6.07 Å². The highest BCUT2D eigenvalue weighted by Crippen LogP contribution is 2.22. The van der Waals surface area contributed by atoms with Crippen molar-refractivity contribution in [1.82, 2.24) is 19.5 Å². The molecular weight excluding hydrogens is 281 g/mol. The van der Waals surface area contributed by atoms with Crippen molar-refractivity contribution < 1.29 is 13.2 Å². The lowest BCUT2D eigenvalue weighted by molar-refractivity contribution is 0.515. The first-order chi connectivity index (χ1) is 10.1. The van der Waals surface area contributed by atoms with E-state index in [1.807, 2.05) is 0 Å². The van der Waals surface area contributed by atoms with Crippen molar-refractivity contribution in [3.63, 3.8) is 0 Å². The molecule has 0 saturated carbocycles. The lowest BCUT2D eigenvalue weighted by atomic mass is 10.3. The SMILES string of the molecule is Fc1ccc2nc(-n3cnc4c(F)c(F)ccc43)[nH]c2c1. The van der Waals surface area contributed by atoms with Gasteiger partial charge in [0.1, 0.15) is 17.7 Å². The Hall–Kier alpha value is -2.83. The molecule has 2 aromatic carbocycles. The van der Waals surface area contributed by atoms with Crippen LogP contribution >= 0.6 is 0 Å². The van der Waals surface area contributed by atoms with Crippen molar-refractivity contribution in [2.45, 2.75) is 0 Å². The summed E-state index contributed by atoms with van der Waals surface area (Å²) in [5.41, 5.74) is 1.36. The van der Waals surface area contributed by atoms with E-state index in [4.69, 9.17) is 0 Å². The van der Waals surface area contributed by atoms with E-state index >= 15 is 0 Å². The van der Waals surface area contributed by atoms with Gasteiger partial charge in [0.25, 0.3) is 0 Å². The second-order valence-electron chi connectivity index (χ2n) is 4.57. The van der Waals surface area contributed by atoms with Crippen LogP contribution < -0.4 is 0 Å². The van der Waals surface area contributed by atoms with Gasteiger partial charge in [0, 0.05) is 0 Å². The number of hydrogen-bond acceptors (Lipinski definition) is 2. The minimum atomic E-state index is -1.01. The highest BCUT2D eigenvalue weighted by Gasteiger charge is 2.14. The maximum absolute atomic E-state index is 13.7. The molecule has 0 spiro atoms. The van der Waals surface area contributed by atoms with Gasteiger partial charge >= 0.3 is 0 Å². The Balaban J connectivity index is 1.98. The summed E-state index contributed by atoms with van der Waals surface area (Å²) in [5, 5.41) is 0. The molecule has 104 valence electrons. The topological polar surface area (TPSA) is 46.5 Å². The van der Waals surface area contributed by atoms with E-state index in [9.17, 15) is 13.2 Å². The average Bonchev–Trinajstić information content (AvgIpc) is 3.05. The first-order valence-electron chi connectivity index (χ1n) is 6.10. The van der Waals surface area contributed by atoms with Crippen molar-refractivity contribution in [2.24, 2.45) is 0 Å². The number of halogens is 3. The summed E-state index contributed by atoms with van der Waals surface area (Å²) in [5.74, 6) is -2.00. The molecule has 7 heteroatoms. The molecule has 2 aromatic heterocycles. The third kappa shape index (κ3) is 1.70. The third-order valence-electron chi connectivity index (χ3n) is 3.27. The Morgan fingerprint density at radius 2 is 1.90 bits per heavy atom. The summed E-state index contributed by atoms with van der Waals surface area (Å²) < 4.78 is 41.5. The van der Waals surface area contributed by atoms with Gasteiger partial charge in [-0.25, -0.2) is 23.1 Å². The Labute approximate surface area is 115 Å². The van der Waals surface area contributed by atoms with Gasteiger partial charge in [-0.15, -0.1) is 0 Å². The fraction of sp³-hybridized carbons (Fsp3) is 0. The molecule has 0 amide bonds. The molecule has 0 fully saturated rings. The van der Waals surface area contributed by atoms with Crippen molar-refractivity contribution in [3.8, 4) is 5.95 Å². The second-order valence-corrected chi connectivity index (χ2v) is 4.57. The number of aromatic amines is 1. The Morgan fingerprint density at radius 1 is 1.05 bits per heavy atom. The maximum atomic E-state index is 13.7. The fourth-order valence-corrected chi connectivity index (χ4v) is 2.28. The normalized spacial score (nSPS) is 11.6. The molecule has 0 radical (unpaired) electrons. The molecule has 0 saturated heterocycles. The van der Waals surface area contributed by atoms with Gasteiger partial charge in [-0.3, -0.25) is 4.57 Å². The predicted octanol–water partition coefficient (Wildman–Crippen LogP) is 3.32. The first kappa shape index (κ1) is 12.0. The number of H-pyrrole nitrogens is 1. The zero-order chi connectivity index (χ0) is 14.6. The summed E-state index contributed by atoms with van der Waals surface area (Å²) in [6.07, 6.45) is 1.33. The van der Waals surface area contributed by atoms with Crippen LogP contribution in [0.15, 0.2) is 36.7 Å². The van der Waals surface area contributed by atoms with E-state index in [2.05, 4.69) is 15.0 Å². The largest absolute Gasteiger partial charge is 0.323 e. The minimum absolute atomic E-state index is 0.0818. The molecule has 0 aliphatic heterocycles. The Kier molecular flexibility index (Phi) is 2.32. The first-order valence-corrected chi connectivity index (χ1v) is 6.10. The van der Waals surface area contributed by atoms with Crippen molar-refractivity contribution in [2.75, 3.05) is 0 Å². The van der Waals surface area contributed by atoms with Gasteiger partial charge in [0.2, 0.25) is 5.95 Å². The number of hydrogen-bond donors (Lipinski definition) is 1. The van der Waals surface area contributed by atoms with Gasteiger partial charge in [-0.05, 0) is 30.3 Å². The van der Waals surface area contributed by atoms with Crippen LogP contribution in [0.5, 0.6) is 0 Å². The van der Waals surface area contributed by atoms with E-state index in [-0.39, 0.29) is 11.3 Å². The van der Waals surface area contributed by atoms with Gasteiger partial charge < -0.3 is 4.98 Å². The Bertz CT molecular complexity index is 987. The molecule has 0 aliphatic rings. The minimum Gasteiger partial charge on any atom is -0.323 e. The maximum Gasteiger partial charge on any atom is 0.213 e. The lowest BCUT2D eigenvalue weighted by Gasteiger charge is -1.99. The lowest BCUT2D eigenvalue weighted by Crippen LogP contribution is -1.95. The van der Waals surface area contributed by atoms with Crippen LogP contribution in [0.1, 0.15) is 0 Å². The van der Waals surface area contributed by atoms with Crippen LogP contribution in [0.4, 0.5) is 13.2 Å². The van der Waals surface area contributed by atoms with Gasteiger partial charge in [0.05, 0.1) is 16.6 Å². The number of nitrogens with one attached hydrogen (secondary N) is 1. The number of aromatic nitrogens is 4. The number of rotatable bonds is 1. The molecule has 1 N–H and O–H groups in total. The van der Waals surface area contributed by atoms with Crippen LogP contribution in [-0.2, 0) is 0 Å². The molecule has 4 rings (SSSR count). The zero-order valence-electron chi connectivity index (χ0n) is 10.4. The highest BCUT2D eigenvalue weighted by atomic mass is 19.2. The molecule has 21 heavy (non-hydrogen) atoms. The van der Waals surface area contributed by atoms with Gasteiger partial charge in [-0.1, -0.05) is 0 Å². The number of nitrogens with zero attached hydrogens (tertiary/aromatic N) is 3. The third-order valence-corrected chi connectivity index (χ3v) is 3.27. The second kappa shape index (κ2) is 4.08. The highest BCUT2D eigenvalue weighted by molar-refractivity contribution is 5.80.